The van der Waals surface area contributed by atoms with E-state index in [0.29, 0.717) is 12.5 Å². The fourth-order valence-electron chi connectivity index (χ4n) is 3.70. The van der Waals surface area contributed by atoms with E-state index in [1.165, 1.54) is 10.4 Å². The zero-order valence-electron chi connectivity index (χ0n) is 14.6. The lowest BCUT2D eigenvalue weighted by molar-refractivity contribution is -0.130. The van der Waals surface area contributed by atoms with Crippen molar-refractivity contribution in [1.29, 1.82) is 0 Å². The molecule has 1 saturated heterocycles. The predicted molar refractivity (Wildman–Crippen MR) is 99.9 cm³/mol. The Morgan fingerprint density at radius 2 is 2.16 bits per heavy atom. The summed E-state index contributed by atoms with van der Waals surface area (Å²) in [4.78, 5) is 23.6. The van der Waals surface area contributed by atoms with E-state index in [2.05, 4.69) is 27.5 Å². The van der Waals surface area contributed by atoms with Crippen molar-refractivity contribution in [2.75, 3.05) is 13.1 Å². The highest BCUT2D eigenvalue weighted by Gasteiger charge is 2.28. The van der Waals surface area contributed by atoms with Gasteiger partial charge in [-0.1, -0.05) is 12.1 Å². The third-order valence-corrected chi connectivity index (χ3v) is 6.04. The van der Waals surface area contributed by atoms with E-state index in [9.17, 15) is 4.79 Å². The average molecular weight is 354 g/mol. The molecule has 4 rings (SSSR count). The van der Waals surface area contributed by atoms with Crippen molar-refractivity contribution in [3.05, 3.63) is 47.0 Å². The van der Waals surface area contributed by atoms with Crippen LogP contribution in [0, 0.1) is 13.8 Å². The van der Waals surface area contributed by atoms with Gasteiger partial charge in [-0.25, -0.2) is 9.97 Å². The summed E-state index contributed by atoms with van der Waals surface area (Å²) in [6, 6.07) is 8.49. The summed E-state index contributed by atoms with van der Waals surface area (Å²) in [5, 5.41) is 1.05. The fourth-order valence-corrected chi connectivity index (χ4v) is 4.66. The third kappa shape index (κ3) is 3.18. The topological polar surface area (TPSA) is 51.0 Å². The van der Waals surface area contributed by atoms with Crippen LogP contribution in [-0.4, -0.2) is 38.4 Å². The molecule has 1 aromatic carbocycles. The first-order chi connectivity index (χ1) is 12.1. The van der Waals surface area contributed by atoms with Crippen molar-refractivity contribution in [1.82, 2.24) is 19.4 Å². The maximum Gasteiger partial charge on any atom is 0.223 e. The molecule has 0 N–H and O–H groups in total. The van der Waals surface area contributed by atoms with Gasteiger partial charge in [0.1, 0.15) is 5.82 Å². The van der Waals surface area contributed by atoms with Crippen LogP contribution in [0.25, 0.3) is 10.2 Å². The van der Waals surface area contributed by atoms with Crippen molar-refractivity contribution in [2.45, 2.75) is 39.2 Å². The molecular weight excluding hydrogens is 332 g/mol. The largest absolute Gasteiger partial charge is 0.341 e. The number of aromatic nitrogens is 3. The van der Waals surface area contributed by atoms with E-state index in [-0.39, 0.29) is 5.91 Å². The van der Waals surface area contributed by atoms with Crippen LogP contribution in [0.4, 0.5) is 0 Å². The second-order valence-corrected chi connectivity index (χ2v) is 7.79. The Hall–Kier alpha value is -2.21. The van der Waals surface area contributed by atoms with Gasteiger partial charge in [0.25, 0.3) is 0 Å². The normalized spacial score (nSPS) is 17.5. The first-order valence-corrected chi connectivity index (χ1v) is 9.56. The molecule has 0 radical (unpaired) electrons. The minimum Gasteiger partial charge on any atom is -0.341 e. The molecule has 0 spiro atoms. The number of fused-ring (bicyclic) bond motifs is 1. The molecule has 3 heterocycles. The SMILES string of the molecule is Cc1cnc(C)n1C1CCN(C(=O)CCc2nc3ccccc3s2)C1. The Bertz CT molecular complexity index is 861. The van der Waals surface area contributed by atoms with E-state index in [1.54, 1.807) is 11.3 Å². The highest BCUT2D eigenvalue weighted by molar-refractivity contribution is 7.18. The van der Waals surface area contributed by atoms with Crippen molar-refractivity contribution >= 4 is 27.5 Å². The van der Waals surface area contributed by atoms with Gasteiger partial charge in [-0.2, -0.15) is 0 Å². The lowest BCUT2D eigenvalue weighted by Crippen LogP contribution is -2.29. The minimum atomic E-state index is 0.233. The predicted octanol–water partition coefficient (Wildman–Crippen LogP) is 3.52. The van der Waals surface area contributed by atoms with Crippen molar-refractivity contribution in [2.24, 2.45) is 0 Å². The number of nitrogens with zero attached hydrogens (tertiary/aromatic N) is 4. The second kappa shape index (κ2) is 6.59. The Morgan fingerprint density at radius 3 is 2.92 bits per heavy atom. The van der Waals surface area contributed by atoms with E-state index in [4.69, 9.17) is 0 Å². The molecule has 1 aliphatic rings. The summed E-state index contributed by atoms with van der Waals surface area (Å²) in [5.41, 5.74) is 2.20. The number of likely N-dealkylation sites (tertiary alicyclic amines) is 1. The molecule has 1 unspecified atom stereocenters. The number of amides is 1. The summed E-state index contributed by atoms with van der Waals surface area (Å²) < 4.78 is 3.46. The molecule has 1 aliphatic heterocycles. The lowest BCUT2D eigenvalue weighted by Gasteiger charge is -2.18. The quantitative estimate of drug-likeness (QED) is 0.720. The summed E-state index contributed by atoms with van der Waals surface area (Å²) in [7, 11) is 0. The molecule has 1 atom stereocenters. The van der Waals surface area contributed by atoms with Crippen LogP contribution in [-0.2, 0) is 11.2 Å². The lowest BCUT2D eigenvalue weighted by atomic mass is 10.2. The number of thiazole rings is 1. The first-order valence-electron chi connectivity index (χ1n) is 8.74. The summed E-state index contributed by atoms with van der Waals surface area (Å²) >= 11 is 1.69. The number of imidazole rings is 1. The Kier molecular flexibility index (Phi) is 4.29. The molecule has 1 amide bonds. The standard InChI is InChI=1S/C19H22N4OS/c1-13-11-20-14(2)23(13)15-9-10-22(12-15)19(24)8-7-18-21-16-5-3-4-6-17(16)25-18/h3-6,11,15H,7-10,12H2,1-2H3. The number of rotatable bonds is 4. The summed E-state index contributed by atoms with van der Waals surface area (Å²) in [6.07, 6.45) is 4.18. The smallest absolute Gasteiger partial charge is 0.223 e. The van der Waals surface area contributed by atoms with Gasteiger partial charge in [0, 0.05) is 37.8 Å². The average Bonchev–Trinajstić information content (AvgIpc) is 3.31. The molecule has 3 aromatic rings. The molecule has 5 nitrogen and oxygen atoms in total. The maximum atomic E-state index is 12.6. The van der Waals surface area contributed by atoms with Crippen molar-refractivity contribution in [3.8, 4) is 0 Å². The van der Waals surface area contributed by atoms with E-state index >= 15 is 0 Å². The van der Waals surface area contributed by atoms with Gasteiger partial charge in [0.2, 0.25) is 5.91 Å². The molecule has 6 heteroatoms. The van der Waals surface area contributed by atoms with Gasteiger partial charge < -0.3 is 9.47 Å². The molecule has 0 saturated carbocycles. The molecule has 0 bridgehead atoms. The van der Waals surface area contributed by atoms with Crippen molar-refractivity contribution < 1.29 is 4.79 Å². The molecule has 130 valence electrons. The Balaban J connectivity index is 1.37. The third-order valence-electron chi connectivity index (χ3n) is 4.94. The Morgan fingerprint density at radius 1 is 1.32 bits per heavy atom. The molecule has 1 fully saturated rings. The van der Waals surface area contributed by atoms with Gasteiger partial charge in [-0.05, 0) is 32.4 Å². The van der Waals surface area contributed by atoms with Crippen LogP contribution in [0.5, 0.6) is 0 Å². The fraction of sp³-hybridized carbons (Fsp3) is 0.421. The van der Waals surface area contributed by atoms with Gasteiger partial charge >= 0.3 is 0 Å². The number of para-hydroxylation sites is 1. The number of aryl methyl sites for hydroxylation is 3. The van der Waals surface area contributed by atoms with Gasteiger partial charge in [-0.15, -0.1) is 11.3 Å². The first kappa shape index (κ1) is 16.3. The minimum absolute atomic E-state index is 0.233. The zero-order chi connectivity index (χ0) is 17.4. The number of carbonyl (C=O) groups excluding carboxylic acids is 1. The summed E-state index contributed by atoms with van der Waals surface area (Å²) in [5.74, 6) is 1.27. The zero-order valence-corrected chi connectivity index (χ0v) is 15.4. The molecular formula is C19H22N4OS. The summed E-state index contributed by atoms with van der Waals surface area (Å²) in [6.45, 7) is 5.74. The van der Waals surface area contributed by atoms with E-state index < -0.39 is 0 Å². The highest BCUT2D eigenvalue weighted by atomic mass is 32.1. The number of carbonyl (C=O) groups is 1. The number of benzene rings is 1. The van der Waals surface area contributed by atoms with Gasteiger partial charge in [-0.3, -0.25) is 4.79 Å². The number of hydrogen-bond acceptors (Lipinski definition) is 4. The van der Waals surface area contributed by atoms with E-state index in [0.717, 1.165) is 42.3 Å². The molecule has 2 aromatic heterocycles. The van der Waals surface area contributed by atoms with Crippen LogP contribution in [0.3, 0.4) is 0 Å². The monoisotopic (exact) mass is 354 g/mol. The Labute approximate surface area is 151 Å². The van der Waals surface area contributed by atoms with Crippen LogP contribution in [0.2, 0.25) is 0 Å². The highest BCUT2D eigenvalue weighted by Crippen LogP contribution is 2.26. The molecule has 25 heavy (non-hydrogen) atoms. The van der Waals surface area contributed by atoms with Crippen LogP contribution >= 0.6 is 11.3 Å². The van der Waals surface area contributed by atoms with Gasteiger partial charge in [0.05, 0.1) is 21.3 Å². The molecule has 0 aliphatic carbocycles. The number of hydrogen-bond donors (Lipinski definition) is 0. The maximum absolute atomic E-state index is 12.6. The van der Waals surface area contributed by atoms with E-state index in [1.807, 2.05) is 36.2 Å². The van der Waals surface area contributed by atoms with Crippen molar-refractivity contribution in [3.63, 3.8) is 0 Å². The van der Waals surface area contributed by atoms with Crippen LogP contribution < -0.4 is 0 Å². The van der Waals surface area contributed by atoms with Crippen LogP contribution in [0.1, 0.15) is 35.4 Å². The second-order valence-electron chi connectivity index (χ2n) is 6.67. The van der Waals surface area contributed by atoms with Crippen LogP contribution in [0.15, 0.2) is 30.5 Å². The van der Waals surface area contributed by atoms with Gasteiger partial charge in [0.15, 0.2) is 0 Å².